The maximum absolute atomic E-state index is 6.18. The summed E-state index contributed by atoms with van der Waals surface area (Å²) >= 11 is 12.1. The molecule has 0 bridgehead atoms. The molecular weight excluding hydrogens is 355 g/mol. The van der Waals surface area contributed by atoms with Crippen LogP contribution in [0.5, 0.6) is 0 Å². The summed E-state index contributed by atoms with van der Waals surface area (Å²) in [5.41, 5.74) is 2.24. The topological polar surface area (TPSA) is 49.8 Å². The molecule has 0 amide bonds. The molecule has 0 unspecified atom stereocenters. The van der Waals surface area contributed by atoms with Crippen LogP contribution in [0, 0.1) is 0 Å². The van der Waals surface area contributed by atoms with Crippen LogP contribution < -0.4 is 10.6 Å². The Kier molecular flexibility index (Phi) is 6.09. The SMILES string of the molecule is Clc1ccc(CCNc2nccc(NCc3ccccc3)n2)c(Cl)c1. The van der Waals surface area contributed by atoms with Gasteiger partial charge in [0, 0.05) is 29.3 Å². The lowest BCUT2D eigenvalue weighted by Gasteiger charge is -2.09. The standard InChI is InChI=1S/C19H18Cl2N4/c20-16-7-6-15(17(21)12-16)8-10-22-19-23-11-9-18(25-19)24-13-14-4-2-1-3-5-14/h1-7,9,11-12H,8,10,13H2,(H2,22,23,24,25). The van der Waals surface area contributed by atoms with Gasteiger partial charge in [-0.3, -0.25) is 0 Å². The van der Waals surface area contributed by atoms with Gasteiger partial charge in [0.1, 0.15) is 5.82 Å². The average molecular weight is 373 g/mol. The Labute approximate surface area is 157 Å². The third-order valence-electron chi connectivity index (χ3n) is 3.66. The van der Waals surface area contributed by atoms with Crippen LogP contribution in [-0.4, -0.2) is 16.5 Å². The van der Waals surface area contributed by atoms with Gasteiger partial charge in [0.25, 0.3) is 0 Å². The Bertz CT molecular complexity index is 825. The summed E-state index contributed by atoms with van der Waals surface area (Å²) in [6.07, 6.45) is 2.50. The van der Waals surface area contributed by atoms with E-state index in [0.29, 0.717) is 22.5 Å². The van der Waals surface area contributed by atoms with E-state index < -0.39 is 0 Å². The fraction of sp³-hybridized carbons (Fsp3) is 0.158. The van der Waals surface area contributed by atoms with Crippen LogP contribution >= 0.6 is 23.2 Å². The van der Waals surface area contributed by atoms with Crippen LogP contribution in [0.1, 0.15) is 11.1 Å². The van der Waals surface area contributed by atoms with E-state index in [9.17, 15) is 0 Å². The number of hydrogen-bond acceptors (Lipinski definition) is 4. The summed E-state index contributed by atoms with van der Waals surface area (Å²) < 4.78 is 0. The number of nitrogens with zero attached hydrogens (tertiary/aromatic N) is 2. The van der Waals surface area contributed by atoms with Crippen molar-refractivity contribution in [1.82, 2.24) is 9.97 Å². The van der Waals surface area contributed by atoms with Gasteiger partial charge in [0.2, 0.25) is 5.95 Å². The Morgan fingerprint density at radius 1 is 0.920 bits per heavy atom. The molecule has 0 spiro atoms. The number of nitrogens with one attached hydrogen (secondary N) is 2. The summed E-state index contributed by atoms with van der Waals surface area (Å²) in [5, 5.41) is 7.83. The number of rotatable bonds is 7. The maximum atomic E-state index is 6.18. The van der Waals surface area contributed by atoms with Crippen molar-refractivity contribution >= 4 is 35.0 Å². The first-order chi connectivity index (χ1) is 12.2. The van der Waals surface area contributed by atoms with Crippen LogP contribution in [0.15, 0.2) is 60.8 Å². The van der Waals surface area contributed by atoms with Crippen molar-refractivity contribution in [2.24, 2.45) is 0 Å². The summed E-state index contributed by atoms with van der Waals surface area (Å²) in [7, 11) is 0. The van der Waals surface area contributed by atoms with Gasteiger partial charge >= 0.3 is 0 Å². The fourth-order valence-corrected chi connectivity index (χ4v) is 2.87. The Balaban J connectivity index is 1.53. The highest BCUT2D eigenvalue weighted by atomic mass is 35.5. The molecule has 0 aliphatic heterocycles. The van der Waals surface area contributed by atoms with Crippen molar-refractivity contribution in [2.45, 2.75) is 13.0 Å². The first kappa shape index (κ1) is 17.5. The van der Waals surface area contributed by atoms with Gasteiger partial charge in [-0.1, -0.05) is 59.6 Å². The number of benzene rings is 2. The average Bonchev–Trinajstić information content (AvgIpc) is 2.63. The molecule has 25 heavy (non-hydrogen) atoms. The predicted octanol–water partition coefficient (Wildman–Crippen LogP) is 5.05. The minimum atomic E-state index is 0.586. The van der Waals surface area contributed by atoms with Crippen LogP contribution in [0.4, 0.5) is 11.8 Å². The lowest BCUT2D eigenvalue weighted by atomic mass is 10.1. The lowest BCUT2D eigenvalue weighted by Crippen LogP contribution is -2.09. The second kappa shape index (κ2) is 8.70. The van der Waals surface area contributed by atoms with E-state index in [-0.39, 0.29) is 0 Å². The van der Waals surface area contributed by atoms with Crippen LogP contribution in [-0.2, 0) is 13.0 Å². The summed E-state index contributed by atoms with van der Waals surface area (Å²) in [4.78, 5) is 8.71. The van der Waals surface area contributed by atoms with Crippen LogP contribution in [0.2, 0.25) is 10.0 Å². The van der Waals surface area contributed by atoms with Crippen molar-refractivity contribution in [1.29, 1.82) is 0 Å². The highest BCUT2D eigenvalue weighted by Gasteiger charge is 2.03. The molecule has 6 heteroatoms. The van der Waals surface area contributed by atoms with Gasteiger partial charge in [-0.2, -0.15) is 4.98 Å². The second-order valence-corrected chi connectivity index (χ2v) is 6.36. The number of anilines is 2. The zero-order valence-electron chi connectivity index (χ0n) is 13.5. The van der Waals surface area contributed by atoms with Crippen molar-refractivity contribution in [3.05, 3.63) is 82.0 Å². The molecular formula is C19H18Cl2N4. The smallest absolute Gasteiger partial charge is 0.224 e. The maximum Gasteiger partial charge on any atom is 0.224 e. The molecule has 3 rings (SSSR count). The zero-order valence-corrected chi connectivity index (χ0v) is 15.1. The molecule has 2 aromatic carbocycles. The van der Waals surface area contributed by atoms with Gasteiger partial charge in [0.15, 0.2) is 0 Å². The van der Waals surface area contributed by atoms with Crippen LogP contribution in [0.25, 0.3) is 0 Å². The van der Waals surface area contributed by atoms with Crippen molar-refractivity contribution in [2.75, 3.05) is 17.2 Å². The van der Waals surface area contributed by atoms with E-state index in [1.165, 1.54) is 5.56 Å². The normalized spacial score (nSPS) is 10.5. The number of halogens is 2. The largest absolute Gasteiger partial charge is 0.366 e. The van der Waals surface area contributed by atoms with Gasteiger partial charge < -0.3 is 10.6 Å². The molecule has 1 aromatic heterocycles. The molecule has 2 N–H and O–H groups in total. The summed E-state index contributed by atoms with van der Waals surface area (Å²) in [6, 6.07) is 17.6. The van der Waals surface area contributed by atoms with Crippen molar-refractivity contribution in [3.8, 4) is 0 Å². The molecule has 0 fully saturated rings. The van der Waals surface area contributed by atoms with Gasteiger partial charge in [-0.15, -0.1) is 0 Å². The first-order valence-corrected chi connectivity index (χ1v) is 8.75. The lowest BCUT2D eigenvalue weighted by molar-refractivity contribution is 0.980. The van der Waals surface area contributed by atoms with Gasteiger partial charge in [-0.25, -0.2) is 4.98 Å². The van der Waals surface area contributed by atoms with E-state index in [2.05, 4.69) is 32.7 Å². The highest BCUT2D eigenvalue weighted by Crippen LogP contribution is 2.21. The second-order valence-electron chi connectivity index (χ2n) is 5.52. The zero-order chi connectivity index (χ0) is 17.5. The van der Waals surface area contributed by atoms with E-state index in [4.69, 9.17) is 23.2 Å². The molecule has 128 valence electrons. The summed E-state index contributed by atoms with van der Waals surface area (Å²) in [5.74, 6) is 1.37. The Hall–Kier alpha value is -2.30. The highest BCUT2D eigenvalue weighted by molar-refractivity contribution is 6.35. The molecule has 0 aliphatic carbocycles. The van der Waals surface area contributed by atoms with E-state index in [1.807, 2.05) is 36.4 Å². The quantitative estimate of drug-likeness (QED) is 0.609. The third kappa shape index (κ3) is 5.34. The number of hydrogen-bond donors (Lipinski definition) is 2. The van der Waals surface area contributed by atoms with Crippen molar-refractivity contribution in [3.63, 3.8) is 0 Å². The molecule has 0 radical (unpaired) electrons. The molecule has 1 heterocycles. The third-order valence-corrected chi connectivity index (χ3v) is 4.25. The van der Waals surface area contributed by atoms with Crippen molar-refractivity contribution < 1.29 is 0 Å². The fourth-order valence-electron chi connectivity index (χ4n) is 2.36. The molecule has 0 atom stereocenters. The summed E-state index contributed by atoms with van der Waals surface area (Å²) in [6.45, 7) is 1.40. The molecule has 0 saturated carbocycles. The number of aromatic nitrogens is 2. The molecule has 3 aromatic rings. The Morgan fingerprint density at radius 2 is 1.76 bits per heavy atom. The minimum Gasteiger partial charge on any atom is -0.366 e. The molecule has 4 nitrogen and oxygen atoms in total. The van der Waals surface area contributed by atoms with Crippen LogP contribution in [0.3, 0.4) is 0 Å². The first-order valence-electron chi connectivity index (χ1n) is 7.99. The Morgan fingerprint density at radius 3 is 2.56 bits per heavy atom. The molecule has 0 aliphatic rings. The molecule has 0 saturated heterocycles. The van der Waals surface area contributed by atoms with Gasteiger partial charge in [-0.05, 0) is 35.7 Å². The monoisotopic (exact) mass is 372 g/mol. The predicted molar refractivity (Wildman–Crippen MR) is 104 cm³/mol. The van der Waals surface area contributed by atoms with E-state index >= 15 is 0 Å². The van der Waals surface area contributed by atoms with Gasteiger partial charge in [0.05, 0.1) is 0 Å². The van der Waals surface area contributed by atoms with E-state index in [1.54, 1.807) is 12.3 Å². The van der Waals surface area contributed by atoms with E-state index in [0.717, 1.165) is 24.3 Å². The minimum absolute atomic E-state index is 0.586.